The molecule has 0 atom stereocenters. The molecule has 0 aliphatic heterocycles. The van der Waals surface area contributed by atoms with Crippen molar-refractivity contribution in [3.05, 3.63) is 71.5 Å². The molecule has 2 aromatic carbocycles. The van der Waals surface area contributed by atoms with Crippen LogP contribution in [-0.2, 0) is 0 Å². The molecular weight excluding hydrogens is 256 g/mol. The molecule has 0 radical (unpaired) electrons. The Morgan fingerprint density at radius 2 is 1.79 bits per heavy atom. The number of hydrogen-bond donors (Lipinski definition) is 0. The molecule has 2 nitrogen and oxygen atoms in total. The van der Waals surface area contributed by atoms with Crippen molar-refractivity contribution in [1.29, 1.82) is 0 Å². The molecule has 0 unspecified atom stereocenters. The molecule has 0 spiro atoms. The second kappa shape index (κ2) is 4.90. The van der Waals surface area contributed by atoms with E-state index < -0.39 is 0 Å². The summed E-state index contributed by atoms with van der Waals surface area (Å²) in [7, 11) is 0. The van der Waals surface area contributed by atoms with Gasteiger partial charge in [0.2, 0.25) is 0 Å². The van der Waals surface area contributed by atoms with Gasteiger partial charge in [-0.25, -0.2) is 4.68 Å². The minimum absolute atomic E-state index is 0.713. The van der Waals surface area contributed by atoms with Crippen molar-refractivity contribution in [2.24, 2.45) is 0 Å². The number of benzene rings is 2. The first-order valence-corrected chi connectivity index (χ1v) is 6.48. The Morgan fingerprint density at radius 1 is 1.00 bits per heavy atom. The topological polar surface area (TPSA) is 17.8 Å². The van der Waals surface area contributed by atoms with Crippen LogP contribution in [0, 0.1) is 6.92 Å². The van der Waals surface area contributed by atoms with E-state index in [-0.39, 0.29) is 0 Å². The smallest absolute Gasteiger partial charge is 0.0660 e. The normalized spacial score (nSPS) is 10.6. The van der Waals surface area contributed by atoms with Crippen molar-refractivity contribution in [2.75, 3.05) is 0 Å². The van der Waals surface area contributed by atoms with Crippen LogP contribution in [0.25, 0.3) is 16.8 Å². The van der Waals surface area contributed by atoms with Crippen LogP contribution in [0.5, 0.6) is 0 Å². The van der Waals surface area contributed by atoms with Gasteiger partial charge in [-0.2, -0.15) is 5.10 Å². The molecule has 0 aliphatic rings. The van der Waals surface area contributed by atoms with Gasteiger partial charge in [0.05, 0.1) is 11.9 Å². The summed E-state index contributed by atoms with van der Waals surface area (Å²) in [6.45, 7) is 2.08. The second-order valence-corrected chi connectivity index (χ2v) is 4.96. The van der Waals surface area contributed by atoms with Gasteiger partial charge >= 0.3 is 0 Å². The van der Waals surface area contributed by atoms with Crippen LogP contribution in [0.2, 0.25) is 5.02 Å². The van der Waals surface area contributed by atoms with Crippen molar-refractivity contribution in [3.8, 4) is 16.8 Å². The molecule has 19 heavy (non-hydrogen) atoms. The molecule has 1 heterocycles. The number of halogens is 1. The van der Waals surface area contributed by atoms with Crippen LogP contribution in [0.15, 0.2) is 60.9 Å². The first-order chi connectivity index (χ1) is 9.22. The molecule has 3 heteroatoms. The number of hydrogen-bond acceptors (Lipinski definition) is 1. The zero-order valence-corrected chi connectivity index (χ0v) is 11.3. The largest absolute Gasteiger partial charge is 0.240 e. The molecule has 0 aliphatic carbocycles. The number of nitrogens with zero attached hydrogens (tertiary/aromatic N) is 2. The highest BCUT2D eigenvalue weighted by Crippen LogP contribution is 2.21. The highest BCUT2D eigenvalue weighted by Gasteiger charge is 2.03. The zero-order chi connectivity index (χ0) is 13.2. The van der Waals surface area contributed by atoms with E-state index in [0.717, 1.165) is 11.3 Å². The lowest BCUT2D eigenvalue weighted by Gasteiger charge is -2.01. The van der Waals surface area contributed by atoms with Gasteiger partial charge < -0.3 is 0 Å². The predicted molar refractivity (Wildman–Crippen MR) is 78.7 cm³/mol. The predicted octanol–water partition coefficient (Wildman–Crippen LogP) is 4.50. The molecule has 0 N–H and O–H groups in total. The zero-order valence-electron chi connectivity index (χ0n) is 10.5. The highest BCUT2D eigenvalue weighted by atomic mass is 35.5. The van der Waals surface area contributed by atoms with Crippen LogP contribution in [0.3, 0.4) is 0 Å². The van der Waals surface area contributed by atoms with Gasteiger partial charge in [0.25, 0.3) is 0 Å². The van der Waals surface area contributed by atoms with Gasteiger partial charge in [-0.1, -0.05) is 47.5 Å². The molecule has 3 aromatic rings. The Balaban J connectivity index is 1.97. The lowest BCUT2D eigenvalue weighted by atomic mass is 10.1. The third-order valence-electron chi connectivity index (χ3n) is 3.04. The Kier molecular flexibility index (Phi) is 3.10. The average molecular weight is 269 g/mol. The molecule has 3 rings (SSSR count). The maximum Gasteiger partial charge on any atom is 0.0660 e. The summed E-state index contributed by atoms with van der Waals surface area (Å²) in [5.74, 6) is 0. The van der Waals surface area contributed by atoms with E-state index in [1.165, 1.54) is 11.1 Å². The first kappa shape index (κ1) is 12.0. The monoisotopic (exact) mass is 268 g/mol. The number of aryl methyl sites for hydroxylation is 1. The van der Waals surface area contributed by atoms with Gasteiger partial charge in [-0.3, -0.25) is 0 Å². The summed E-state index contributed by atoms with van der Waals surface area (Å²) in [6.07, 6.45) is 3.88. The van der Waals surface area contributed by atoms with Crippen molar-refractivity contribution in [1.82, 2.24) is 9.78 Å². The SMILES string of the molecule is Cc1ccc(-c2cnn(-c3cccc(Cl)c3)c2)cc1. The Bertz CT molecular complexity index is 699. The number of rotatable bonds is 2. The minimum atomic E-state index is 0.713. The summed E-state index contributed by atoms with van der Waals surface area (Å²) in [4.78, 5) is 0. The van der Waals surface area contributed by atoms with Crippen molar-refractivity contribution < 1.29 is 0 Å². The van der Waals surface area contributed by atoms with E-state index in [1.54, 1.807) is 0 Å². The molecule has 0 bridgehead atoms. The molecule has 0 fully saturated rings. The highest BCUT2D eigenvalue weighted by molar-refractivity contribution is 6.30. The summed E-state index contributed by atoms with van der Waals surface area (Å²) < 4.78 is 1.83. The van der Waals surface area contributed by atoms with Crippen molar-refractivity contribution in [3.63, 3.8) is 0 Å². The summed E-state index contributed by atoms with van der Waals surface area (Å²) in [5.41, 5.74) is 4.48. The van der Waals surface area contributed by atoms with Crippen molar-refractivity contribution in [2.45, 2.75) is 6.92 Å². The van der Waals surface area contributed by atoms with Crippen molar-refractivity contribution >= 4 is 11.6 Å². The molecule has 0 saturated carbocycles. The Morgan fingerprint density at radius 3 is 2.53 bits per heavy atom. The third kappa shape index (κ3) is 2.54. The standard InChI is InChI=1S/C16H13ClN2/c1-12-5-7-13(8-6-12)14-10-18-19(11-14)16-4-2-3-15(17)9-16/h2-11H,1H3. The fourth-order valence-electron chi connectivity index (χ4n) is 1.98. The van der Waals surface area contributed by atoms with E-state index in [9.17, 15) is 0 Å². The lowest BCUT2D eigenvalue weighted by Crippen LogP contribution is -1.92. The average Bonchev–Trinajstić information content (AvgIpc) is 2.89. The fraction of sp³-hybridized carbons (Fsp3) is 0.0625. The summed E-state index contributed by atoms with van der Waals surface area (Å²) >= 11 is 5.99. The molecule has 1 aromatic heterocycles. The summed E-state index contributed by atoms with van der Waals surface area (Å²) in [6, 6.07) is 16.1. The first-order valence-electron chi connectivity index (χ1n) is 6.10. The summed E-state index contributed by atoms with van der Waals surface area (Å²) in [5, 5.41) is 5.10. The van der Waals surface area contributed by atoms with Crippen LogP contribution in [-0.4, -0.2) is 9.78 Å². The van der Waals surface area contributed by atoms with Crippen LogP contribution >= 0.6 is 11.6 Å². The molecule has 0 saturated heterocycles. The Hall–Kier alpha value is -2.06. The van der Waals surface area contributed by atoms with Gasteiger partial charge in [-0.05, 0) is 30.7 Å². The Labute approximate surface area is 117 Å². The molecular formula is C16H13ClN2. The van der Waals surface area contributed by atoms with Crippen LogP contribution in [0.4, 0.5) is 0 Å². The van der Waals surface area contributed by atoms with Crippen LogP contribution < -0.4 is 0 Å². The maximum absolute atomic E-state index is 5.99. The number of aromatic nitrogens is 2. The minimum Gasteiger partial charge on any atom is -0.240 e. The van der Waals surface area contributed by atoms with Crippen LogP contribution in [0.1, 0.15) is 5.56 Å². The second-order valence-electron chi connectivity index (χ2n) is 4.52. The van der Waals surface area contributed by atoms with E-state index in [4.69, 9.17) is 11.6 Å². The third-order valence-corrected chi connectivity index (χ3v) is 3.28. The lowest BCUT2D eigenvalue weighted by molar-refractivity contribution is 0.881. The maximum atomic E-state index is 5.99. The van der Waals surface area contributed by atoms with Gasteiger partial charge in [-0.15, -0.1) is 0 Å². The van der Waals surface area contributed by atoms with E-state index in [0.29, 0.717) is 5.02 Å². The quantitative estimate of drug-likeness (QED) is 0.669. The van der Waals surface area contributed by atoms with Gasteiger partial charge in [0.15, 0.2) is 0 Å². The van der Waals surface area contributed by atoms with Gasteiger partial charge in [0, 0.05) is 16.8 Å². The fourth-order valence-corrected chi connectivity index (χ4v) is 2.16. The van der Waals surface area contributed by atoms with E-state index >= 15 is 0 Å². The van der Waals surface area contributed by atoms with E-state index in [2.05, 4.69) is 36.3 Å². The molecule has 0 amide bonds. The van der Waals surface area contributed by atoms with E-state index in [1.807, 2.05) is 41.3 Å². The van der Waals surface area contributed by atoms with Gasteiger partial charge in [0.1, 0.15) is 0 Å². The molecule has 94 valence electrons.